The van der Waals surface area contributed by atoms with Crippen LogP contribution in [0.2, 0.25) is 10.0 Å². The number of hydrogen-bond donors (Lipinski definition) is 2. The van der Waals surface area contributed by atoms with Crippen molar-refractivity contribution in [2.24, 2.45) is 0 Å². The second kappa shape index (κ2) is 9.65. The highest BCUT2D eigenvalue weighted by molar-refractivity contribution is 6.32. The van der Waals surface area contributed by atoms with E-state index in [0.29, 0.717) is 27.0 Å². The largest absolute Gasteiger partial charge is 0.484 e. The summed E-state index contributed by atoms with van der Waals surface area (Å²) in [6, 6.07) is 18.6. The predicted octanol–water partition coefficient (Wildman–Crippen LogP) is 6.40. The van der Waals surface area contributed by atoms with E-state index in [1.165, 1.54) is 0 Å². The van der Waals surface area contributed by atoms with Crippen LogP contribution >= 0.6 is 23.2 Å². The summed E-state index contributed by atoms with van der Waals surface area (Å²) in [5, 5.41) is 5.88. The van der Waals surface area contributed by atoms with Gasteiger partial charge in [-0.25, -0.2) is 4.79 Å². The molecule has 154 valence electrons. The van der Waals surface area contributed by atoms with Gasteiger partial charge in [0.2, 0.25) is 0 Å². The summed E-state index contributed by atoms with van der Waals surface area (Å²) in [4.78, 5) is 24.4. The fourth-order valence-corrected chi connectivity index (χ4v) is 3.18. The lowest BCUT2D eigenvalue weighted by Gasteiger charge is -2.17. The second-order valence-electron chi connectivity index (χ2n) is 6.68. The van der Waals surface area contributed by atoms with Crippen LogP contribution in [0.3, 0.4) is 0 Å². The molecule has 0 heterocycles. The minimum absolute atomic E-state index is 0.242. The third-order valence-corrected chi connectivity index (χ3v) is 5.00. The molecule has 0 bridgehead atoms. The lowest BCUT2D eigenvalue weighted by atomic mass is 10.1. The topological polar surface area (TPSA) is 67.4 Å². The van der Waals surface area contributed by atoms with Gasteiger partial charge in [-0.05, 0) is 61.4 Å². The van der Waals surface area contributed by atoms with Gasteiger partial charge in [0.05, 0.1) is 5.02 Å². The molecule has 0 aromatic heterocycles. The number of carbonyl (C=O) groups excluding carboxylic acids is 2. The van der Waals surface area contributed by atoms with Gasteiger partial charge in [-0.15, -0.1) is 0 Å². The second-order valence-corrected chi connectivity index (χ2v) is 7.52. The van der Waals surface area contributed by atoms with Gasteiger partial charge in [0, 0.05) is 16.3 Å². The number of urea groups is 1. The van der Waals surface area contributed by atoms with Crippen LogP contribution in [-0.2, 0) is 0 Å². The highest BCUT2D eigenvalue weighted by Gasteiger charge is 2.14. The van der Waals surface area contributed by atoms with Gasteiger partial charge in [0.1, 0.15) is 11.9 Å². The van der Waals surface area contributed by atoms with E-state index in [-0.39, 0.29) is 6.10 Å². The first kappa shape index (κ1) is 21.7. The molecule has 0 spiro atoms. The molecule has 30 heavy (non-hydrogen) atoms. The van der Waals surface area contributed by atoms with Crippen molar-refractivity contribution in [2.75, 3.05) is 5.32 Å². The Kier molecular flexibility index (Phi) is 6.98. The molecule has 0 aliphatic heterocycles. The van der Waals surface area contributed by atoms with Crippen molar-refractivity contribution >= 4 is 40.8 Å². The van der Waals surface area contributed by atoms with Crippen LogP contribution in [0.1, 0.15) is 34.5 Å². The van der Waals surface area contributed by atoms with Crippen molar-refractivity contribution in [3.05, 3.63) is 93.5 Å². The minimum Gasteiger partial charge on any atom is -0.484 e. The zero-order valence-electron chi connectivity index (χ0n) is 16.4. The van der Waals surface area contributed by atoms with Crippen LogP contribution in [0.4, 0.5) is 10.5 Å². The summed E-state index contributed by atoms with van der Waals surface area (Å²) in [7, 11) is 0. The SMILES string of the molecule is Cc1ccccc1C(=O)NC(=O)Nc1ccc(OC(C)c2ccc(Cl)cc2)c(Cl)c1. The maximum Gasteiger partial charge on any atom is 0.326 e. The van der Waals surface area contributed by atoms with Crippen LogP contribution in [0.25, 0.3) is 0 Å². The summed E-state index contributed by atoms with van der Waals surface area (Å²) < 4.78 is 5.91. The van der Waals surface area contributed by atoms with Crippen LogP contribution in [-0.4, -0.2) is 11.9 Å². The number of nitrogens with one attached hydrogen (secondary N) is 2. The van der Waals surface area contributed by atoms with Gasteiger partial charge in [-0.2, -0.15) is 0 Å². The van der Waals surface area contributed by atoms with Gasteiger partial charge in [-0.1, -0.05) is 53.5 Å². The van der Waals surface area contributed by atoms with Crippen molar-refractivity contribution in [3.8, 4) is 5.75 Å². The number of halogens is 2. The Hall–Kier alpha value is -3.02. The molecule has 0 fully saturated rings. The lowest BCUT2D eigenvalue weighted by Crippen LogP contribution is -2.34. The summed E-state index contributed by atoms with van der Waals surface area (Å²) >= 11 is 12.2. The smallest absolute Gasteiger partial charge is 0.326 e. The van der Waals surface area contributed by atoms with E-state index in [4.69, 9.17) is 27.9 Å². The molecule has 3 rings (SSSR count). The maximum absolute atomic E-state index is 12.2. The Bertz CT molecular complexity index is 1070. The molecular formula is C23H20Cl2N2O3. The van der Waals surface area contributed by atoms with Crippen LogP contribution < -0.4 is 15.4 Å². The predicted molar refractivity (Wildman–Crippen MR) is 120 cm³/mol. The van der Waals surface area contributed by atoms with E-state index < -0.39 is 11.9 Å². The number of benzene rings is 3. The van der Waals surface area contributed by atoms with Crippen molar-refractivity contribution in [3.63, 3.8) is 0 Å². The number of amides is 3. The first-order chi connectivity index (χ1) is 14.3. The first-order valence-electron chi connectivity index (χ1n) is 9.23. The van der Waals surface area contributed by atoms with Crippen LogP contribution in [0.5, 0.6) is 5.75 Å². The summed E-state index contributed by atoms with van der Waals surface area (Å²) in [5.41, 5.74) is 2.60. The maximum atomic E-state index is 12.2. The zero-order valence-corrected chi connectivity index (χ0v) is 17.9. The van der Waals surface area contributed by atoms with Gasteiger partial charge < -0.3 is 10.1 Å². The highest BCUT2D eigenvalue weighted by Crippen LogP contribution is 2.31. The molecule has 7 heteroatoms. The van der Waals surface area contributed by atoms with E-state index in [9.17, 15) is 9.59 Å². The summed E-state index contributed by atoms with van der Waals surface area (Å²) in [6.07, 6.45) is -0.242. The number of ether oxygens (including phenoxy) is 1. The van der Waals surface area contributed by atoms with Gasteiger partial charge in [-0.3, -0.25) is 10.1 Å². The molecule has 3 aromatic rings. The average Bonchev–Trinajstić information content (AvgIpc) is 2.70. The Labute approximate surface area is 185 Å². The molecule has 1 unspecified atom stereocenters. The van der Waals surface area contributed by atoms with E-state index in [1.54, 1.807) is 55.5 Å². The van der Waals surface area contributed by atoms with Gasteiger partial charge in [0.25, 0.3) is 5.91 Å². The Balaban J connectivity index is 1.62. The first-order valence-corrected chi connectivity index (χ1v) is 9.98. The standard InChI is InChI=1S/C23H20Cl2N2O3/c1-14-5-3-4-6-19(14)22(28)27-23(29)26-18-11-12-21(20(25)13-18)30-15(2)16-7-9-17(24)10-8-16/h3-13,15H,1-2H3,(H2,26,27,28,29). The van der Waals surface area contributed by atoms with E-state index in [2.05, 4.69) is 10.6 Å². The average molecular weight is 443 g/mol. The Morgan fingerprint density at radius 1 is 0.967 bits per heavy atom. The molecule has 0 aliphatic carbocycles. The number of carbonyl (C=O) groups is 2. The fraction of sp³-hybridized carbons (Fsp3) is 0.130. The molecule has 0 saturated heterocycles. The van der Waals surface area contributed by atoms with Gasteiger partial charge in [0.15, 0.2) is 0 Å². The normalized spacial score (nSPS) is 11.5. The summed E-state index contributed by atoms with van der Waals surface area (Å²) in [6.45, 7) is 3.70. The number of aryl methyl sites for hydroxylation is 1. The van der Waals surface area contributed by atoms with Gasteiger partial charge >= 0.3 is 6.03 Å². The minimum atomic E-state index is -0.650. The Morgan fingerprint density at radius 3 is 2.33 bits per heavy atom. The third kappa shape index (κ3) is 5.53. The Morgan fingerprint density at radius 2 is 1.67 bits per heavy atom. The van der Waals surface area contributed by atoms with E-state index >= 15 is 0 Å². The fourth-order valence-electron chi connectivity index (χ4n) is 2.83. The number of anilines is 1. The highest BCUT2D eigenvalue weighted by atomic mass is 35.5. The lowest BCUT2D eigenvalue weighted by molar-refractivity contribution is 0.0966. The molecule has 0 radical (unpaired) electrons. The molecule has 3 amide bonds. The molecule has 0 saturated carbocycles. The third-order valence-electron chi connectivity index (χ3n) is 4.45. The van der Waals surface area contributed by atoms with E-state index in [0.717, 1.165) is 11.1 Å². The number of rotatable bonds is 5. The molecule has 0 aliphatic rings. The monoisotopic (exact) mass is 442 g/mol. The van der Waals surface area contributed by atoms with Crippen molar-refractivity contribution in [1.29, 1.82) is 0 Å². The number of hydrogen-bond acceptors (Lipinski definition) is 3. The van der Waals surface area contributed by atoms with Crippen LogP contribution in [0.15, 0.2) is 66.7 Å². The number of imide groups is 1. The van der Waals surface area contributed by atoms with E-state index in [1.807, 2.05) is 25.1 Å². The van der Waals surface area contributed by atoms with Crippen molar-refractivity contribution in [1.82, 2.24) is 5.32 Å². The molecule has 2 N–H and O–H groups in total. The summed E-state index contributed by atoms with van der Waals surface area (Å²) in [5.74, 6) is -0.00509. The molecule has 3 aromatic carbocycles. The molecular weight excluding hydrogens is 423 g/mol. The quantitative estimate of drug-likeness (QED) is 0.479. The van der Waals surface area contributed by atoms with Crippen LogP contribution in [0, 0.1) is 6.92 Å². The van der Waals surface area contributed by atoms with Crippen molar-refractivity contribution < 1.29 is 14.3 Å². The molecule has 5 nitrogen and oxygen atoms in total. The molecule has 1 atom stereocenters. The zero-order chi connectivity index (χ0) is 21.7. The van der Waals surface area contributed by atoms with Crippen molar-refractivity contribution in [2.45, 2.75) is 20.0 Å².